The average Bonchev–Trinajstić information content (AvgIpc) is 2.59. The molecule has 3 aromatic rings. The fourth-order valence-electron chi connectivity index (χ4n) is 1.71. The first-order valence-electron chi connectivity index (χ1n) is 4.29. The number of benzene rings is 1. The highest BCUT2D eigenvalue weighted by molar-refractivity contribution is 7.22. The summed E-state index contributed by atoms with van der Waals surface area (Å²) in [4.78, 5) is 3.10. The van der Waals surface area contributed by atoms with Crippen LogP contribution in [0.2, 0.25) is 0 Å². The third-order valence-corrected chi connectivity index (χ3v) is 3.22. The number of nitrogens with two attached hydrogens (primary N) is 2. The fraction of sp³-hybridized carbons (Fsp3) is 0. The molecule has 0 radical (unpaired) electrons. The molecule has 2 heterocycles. The highest BCUT2D eigenvalue weighted by Gasteiger charge is 2.03. The largest absolute Gasteiger partial charge is 0.391 e. The number of nitrogen functional groups attached to an aromatic ring is 2. The number of aromatic nitrogens is 1. The number of hydrogen-bond donors (Lipinski definition) is 3. The fourth-order valence-corrected chi connectivity index (χ4v) is 2.57. The monoisotopic (exact) mass is 203 g/mol. The topological polar surface area (TPSA) is 67.8 Å². The Kier molecular flexibility index (Phi) is 1.33. The molecule has 5 N–H and O–H groups in total. The van der Waals surface area contributed by atoms with Crippen LogP contribution in [0.25, 0.3) is 21.0 Å². The van der Waals surface area contributed by atoms with Gasteiger partial charge in [-0.1, -0.05) is 0 Å². The van der Waals surface area contributed by atoms with Gasteiger partial charge in [0.25, 0.3) is 0 Å². The number of rotatable bonds is 0. The third-order valence-electron chi connectivity index (χ3n) is 2.30. The van der Waals surface area contributed by atoms with Crippen molar-refractivity contribution in [1.82, 2.24) is 4.98 Å². The smallest absolute Gasteiger partial charge is 0.101 e. The second-order valence-corrected chi connectivity index (χ2v) is 4.47. The predicted octanol–water partition coefficient (Wildman–Crippen LogP) is 2.55. The van der Waals surface area contributed by atoms with E-state index in [-0.39, 0.29) is 0 Å². The van der Waals surface area contributed by atoms with Crippen LogP contribution in [-0.2, 0) is 0 Å². The lowest BCUT2D eigenvalue weighted by atomic mass is 10.2. The summed E-state index contributed by atoms with van der Waals surface area (Å²) < 4.78 is 1.20. The summed E-state index contributed by atoms with van der Waals surface area (Å²) in [5, 5.41) is 3.15. The first-order valence-corrected chi connectivity index (χ1v) is 5.11. The van der Waals surface area contributed by atoms with Crippen LogP contribution in [-0.4, -0.2) is 4.98 Å². The second kappa shape index (κ2) is 2.42. The SMILES string of the molecule is Nc1cc2cc3sc(N)cc3cc2[nH]1. The van der Waals surface area contributed by atoms with Gasteiger partial charge in [0, 0.05) is 15.6 Å². The lowest BCUT2D eigenvalue weighted by Gasteiger charge is -1.89. The molecule has 2 aromatic heterocycles. The van der Waals surface area contributed by atoms with Crippen LogP contribution in [0.15, 0.2) is 24.3 Å². The van der Waals surface area contributed by atoms with E-state index >= 15 is 0 Å². The number of fused-ring (bicyclic) bond motifs is 2. The molecule has 0 unspecified atom stereocenters. The number of nitrogens with one attached hydrogen (secondary N) is 1. The Bertz CT molecular complexity index is 518. The molecule has 70 valence electrons. The molecule has 0 atom stereocenters. The second-order valence-electron chi connectivity index (χ2n) is 3.35. The number of anilines is 2. The molecule has 0 aliphatic heterocycles. The zero-order valence-electron chi connectivity index (χ0n) is 7.37. The molecule has 0 saturated carbocycles. The number of thiophene rings is 1. The van der Waals surface area contributed by atoms with E-state index in [1.807, 2.05) is 12.1 Å². The van der Waals surface area contributed by atoms with E-state index in [4.69, 9.17) is 11.5 Å². The van der Waals surface area contributed by atoms with Crippen LogP contribution >= 0.6 is 11.3 Å². The van der Waals surface area contributed by atoms with Crippen molar-refractivity contribution in [3.63, 3.8) is 0 Å². The van der Waals surface area contributed by atoms with Crippen LogP contribution in [0.5, 0.6) is 0 Å². The lowest BCUT2D eigenvalue weighted by molar-refractivity contribution is 1.48. The van der Waals surface area contributed by atoms with Crippen LogP contribution in [0, 0.1) is 0 Å². The molecule has 0 bridgehead atoms. The van der Waals surface area contributed by atoms with Crippen LogP contribution in [0.3, 0.4) is 0 Å². The Hall–Kier alpha value is -1.68. The van der Waals surface area contributed by atoms with E-state index in [1.165, 1.54) is 10.1 Å². The highest BCUT2D eigenvalue weighted by atomic mass is 32.1. The summed E-state index contributed by atoms with van der Waals surface area (Å²) in [7, 11) is 0. The maximum atomic E-state index is 5.74. The number of hydrogen-bond acceptors (Lipinski definition) is 3. The Morgan fingerprint density at radius 2 is 1.86 bits per heavy atom. The minimum absolute atomic E-state index is 0.700. The van der Waals surface area contributed by atoms with Crippen LogP contribution in [0.1, 0.15) is 0 Å². The Balaban J connectivity index is 2.49. The molecule has 1 aromatic carbocycles. The molecule has 3 nitrogen and oxygen atoms in total. The van der Waals surface area contributed by atoms with Crippen molar-refractivity contribution in [2.24, 2.45) is 0 Å². The van der Waals surface area contributed by atoms with Crippen LogP contribution in [0.4, 0.5) is 10.8 Å². The Morgan fingerprint density at radius 1 is 1.00 bits per heavy atom. The summed E-state index contributed by atoms with van der Waals surface area (Å²) in [5.74, 6) is 0.700. The number of H-pyrrole nitrogens is 1. The molecular formula is C10H9N3S. The Morgan fingerprint density at radius 3 is 2.71 bits per heavy atom. The normalized spacial score (nSPS) is 11.4. The van der Waals surface area contributed by atoms with Gasteiger partial charge in [-0.15, -0.1) is 11.3 Å². The number of aromatic amines is 1. The van der Waals surface area contributed by atoms with E-state index in [0.717, 1.165) is 15.9 Å². The molecule has 0 spiro atoms. The van der Waals surface area contributed by atoms with E-state index in [2.05, 4.69) is 17.1 Å². The van der Waals surface area contributed by atoms with Gasteiger partial charge in [-0.05, 0) is 29.7 Å². The molecule has 0 aliphatic carbocycles. The summed E-state index contributed by atoms with van der Waals surface area (Å²) in [6, 6.07) is 8.10. The maximum Gasteiger partial charge on any atom is 0.101 e. The first kappa shape index (κ1) is 7.70. The van der Waals surface area contributed by atoms with Crippen molar-refractivity contribution in [2.75, 3.05) is 11.5 Å². The van der Waals surface area contributed by atoms with Gasteiger partial charge in [0.15, 0.2) is 0 Å². The van der Waals surface area contributed by atoms with Crippen molar-refractivity contribution in [3.05, 3.63) is 24.3 Å². The van der Waals surface area contributed by atoms with Crippen molar-refractivity contribution in [3.8, 4) is 0 Å². The maximum absolute atomic E-state index is 5.74. The van der Waals surface area contributed by atoms with Gasteiger partial charge in [0.1, 0.15) is 5.82 Å². The van der Waals surface area contributed by atoms with E-state index in [1.54, 1.807) is 11.3 Å². The van der Waals surface area contributed by atoms with E-state index < -0.39 is 0 Å². The van der Waals surface area contributed by atoms with Crippen molar-refractivity contribution >= 4 is 43.1 Å². The molecular weight excluding hydrogens is 194 g/mol. The Labute approximate surface area is 84.3 Å². The van der Waals surface area contributed by atoms with E-state index in [9.17, 15) is 0 Å². The van der Waals surface area contributed by atoms with Gasteiger partial charge in [-0.25, -0.2) is 0 Å². The highest BCUT2D eigenvalue weighted by Crippen LogP contribution is 2.31. The first-order chi connectivity index (χ1) is 6.72. The zero-order valence-corrected chi connectivity index (χ0v) is 8.19. The third kappa shape index (κ3) is 0.975. The quantitative estimate of drug-likeness (QED) is 0.525. The van der Waals surface area contributed by atoms with Crippen molar-refractivity contribution < 1.29 is 0 Å². The summed E-state index contributed by atoms with van der Waals surface area (Å²) in [5.41, 5.74) is 12.5. The van der Waals surface area contributed by atoms with Gasteiger partial charge in [0.2, 0.25) is 0 Å². The van der Waals surface area contributed by atoms with Gasteiger partial charge in [0.05, 0.1) is 5.00 Å². The molecule has 0 aliphatic rings. The van der Waals surface area contributed by atoms with Gasteiger partial charge >= 0.3 is 0 Å². The molecule has 3 rings (SSSR count). The van der Waals surface area contributed by atoms with Crippen molar-refractivity contribution in [2.45, 2.75) is 0 Å². The molecule has 14 heavy (non-hydrogen) atoms. The molecule has 0 amide bonds. The molecule has 0 saturated heterocycles. The van der Waals surface area contributed by atoms with Crippen molar-refractivity contribution in [1.29, 1.82) is 0 Å². The van der Waals surface area contributed by atoms with Gasteiger partial charge < -0.3 is 16.5 Å². The van der Waals surface area contributed by atoms with Crippen LogP contribution < -0.4 is 11.5 Å². The average molecular weight is 203 g/mol. The van der Waals surface area contributed by atoms with Gasteiger partial charge in [-0.2, -0.15) is 0 Å². The van der Waals surface area contributed by atoms with Gasteiger partial charge in [-0.3, -0.25) is 0 Å². The summed E-state index contributed by atoms with van der Waals surface area (Å²) >= 11 is 1.60. The van der Waals surface area contributed by atoms with E-state index in [0.29, 0.717) is 5.82 Å². The zero-order chi connectivity index (χ0) is 9.71. The molecule has 4 heteroatoms. The standard InChI is InChI=1S/C10H9N3S/c11-9-3-5-2-8-6(1-7(5)13-9)4-10(12)14-8/h1-4,13H,11-12H2. The molecule has 0 fully saturated rings. The lowest BCUT2D eigenvalue weighted by Crippen LogP contribution is -1.80. The summed E-state index contributed by atoms with van der Waals surface area (Å²) in [6.07, 6.45) is 0. The minimum atomic E-state index is 0.700. The minimum Gasteiger partial charge on any atom is -0.391 e. The summed E-state index contributed by atoms with van der Waals surface area (Å²) in [6.45, 7) is 0. The predicted molar refractivity (Wildman–Crippen MR) is 62.5 cm³/mol.